The molecule has 27 heteroatoms. The van der Waals surface area contributed by atoms with Crippen LogP contribution in [-0.4, -0.2) is 157 Å². The highest BCUT2D eigenvalue weighted by atomic mass is 32.2. The van der Waals surface area contributed by atoms with Crippen LogP contribution in [0.25, 0.3) is 0 Å². The zero-order chi connectivity index (χ0) is 65.0. The molecule has 0 spiro atoms. The minimum absolute atomic E-state index is 0.0243. The zero-order valence-electron chi connectivity index (χ0n) is 52.8. The van der Waals surface area contributed by atoms with Crippen molar-refractivity contribution in [1.82, 2.24) is 36.6 Å². The number of primary amides is 1. The summed E-state index contributed by atoms with van der Waals surface area (Å²) in [5, 5.41) is 15.9. The number of hydrogen-bond donors (Lipinski definition) is 9. The van der Waals surface area contributed by atoms with E-state index in [1.165, 1.54) is 20.8 Å². The number of nitrogens with zero attached hydrogens (tertiary/aromatic N) is 1. The molecule has 0 unspecified atom stereocenters. The molecule has 0 aliphatic carbocycles. The third-order valence-electron chi connectivity index (χ3n) is 13.5. The van der Waals surface area contributed by atoms with Gasteiger partial charge in [-0.3, -0.25) is 38.6 Å². The molecule has 2 aliphatic rings. The third-order valence-corrected chi connectivity index (χ3v) is 16.2. The number of nitrogens with two attached hydrogens (primary N) is 2. The number of aliphatic imine (C=N–C) groups is 1. The maximum atomic E-state index is 15.0. The first-order valence-electron chi connectivity index (χ1n) is 28.6. The summed E-state index contributed by atoms with van der Waals surface area (Å²) in [4.78, 5) is 119. The minimum atomic E-state index is -4.35. The Morgan fingerprint density at radius 2 is 1.20 bits per heavy atom. The molecule has 0 saturated carbocycles. The number of hydrogen-bond acceptors (Lipinski definition) is 17. The lowest BCUT2D eigenvalue weighted by molar-refractivity contribution is -0.151. The van der Waals surface area contributed by atoms with E-state index in [4.69, 9.17) is 35.2 Å². The largest absolute Gasteiger partial charge is 0.487 e. The molecule has 25 nitrogen and oxygen atoms in total. The van der Waals surface area contributed by atoms with Crippen LogP contribution in [0, 0.1) is 20.8 Å². The molecule has 2 heterocycles. The second-order valence-electron chi connectivity index (χ2n) is 25.4. The van der Waals surface area contributed by atoms with Crippen LogP contribution in [0.5, 0.6) is 5.75 Å². The predicted molar refractivity (Wildman–Crippen MR) is 325 cm³/mol. The van der Waals surface area contributed by atoms with Crippen molar-refractivity contribution in [3.8, 4) is 5.75 Å². The predicted octanol–water partition coefficient (Wildman–Crippen LogP) is 2.58. The van der Waals surface area contributed by atoms with E-state index in [1.54, 1.807) is 106 Å². The highest BCUT2D eigenvalue weighted by Gasteiger charge is 2.42. The number of fused-ring (bicyclic) bond motifs is 1. The summed E-state index contributed by atoms with van der Waals surface area (Å²) < 4.78 is 60.9. The van der Waals surface area contributed by atoms with Gasteiger partial charge in [0.2, 0.25) is 47.3 Å². The number of carbonyl (C=O) groups is 8. The molecular weight excluding hydrogens is 1150 g/mol. The molecule has 0 aromatic heterocycles. The molecular formula is C59H92N10O15S2. The summed E-state index contributed by atoms with van der Waals surface area (Å²) >= 11 is 0.881. The molecule has 2 aromatic carbocycles. The smallest absolute Gasteiger partial charge is 0.329 e. The first kappa shape index (κ1) is 71.9. The number of sulfonamides is 1. The maximum absolute atomic E-state index is 15.0. The molecule has 1 fully saturated rings. The van der Waals surface area contributed by atoms with E-state index in [1.807, 2.05) is 20.8 Å². The van der Waals surface area contributed by atoms with Crippen LogP contribution < -0.4 is 52.8 Å². The number of amides is 7. The Bertz CT molecular complexity index is 2940. The van der Waals surface area contributed by atoms with Crippen molar-refractivity contribution in [3.63, 3.8) is 0 Å². The molecule has 7 amide bonds. The van der Waals surface area contributed by atoms with Gasteiger partial charge >= 0.3 is 5.97 Å². The van der Waals surface area contributed by atoms with Gasteiger partial charge in [0.15, 0.2) is 0 Å². The van der Waals surface area contributed by atoms with Gasteiger partial charge in [0.25, 0.3) is 10.0 Å². The number of guanidine groups is 1. The second-order valence-corrected chi connectivity index (χ2v) is 28.0. The van der Waals surface area contributed by atoms with Crippen molar-refractivity contribution < 1.29 is 70.5 Å². The van der Waals surface area contributed by atoms with Crippen LogP contribution in [-0.2, 0) is 80.4 Å². The van der Waals surface area contributed by atoms with E-state index in [-0.39, 0.29) is 42.4 Å². The highest BCUT2D eigenvalue weighted by molar-refractivity contribution is 8.00. The Balaban J connectivity index is 1.86. The number of thioether (sulfide) groups is 1. The van der Waals surface area contributed by atoms with Crippen LogP contribution in [0.1, 0.15) is 144 Å². The molecule has 2 aliphatic heterocycles. The van der Waals surface area contributed by atoms with E-state index < -0.39 is 147 Å². The fourth-order valence-corrected chi connectivity index (χ4v) is 12.2. The van der Waals surface area contributed by atoms with E-state index in [0.717, 1.165) is 22.9 Å². The third kappa shape index (κ3) is 22.0. The molecule has 0 radical (unpaired) electrons. The number of benzene rings is 2. The average molecular weight is 1250 g/mol. The lowest BCUT2D eigenvalue weighted by Crippen LogP contribution is -2.65. The van der Waals surface area contributed by atoms with Gasteiger partial charge in [0, 0.05) is 29.8 Å². The summed E-state index contributed by atoms with van der Waals surface area (Å²) in [5.41, 5.74) is 11.5. The molecule has 1 saturated heterocycles. The van der Waals surface area contributed by atoms with Gasteiger partial charge in [-0.05, 0) is 147 Å². The number of carbonyl (C=O) groups excluding carboxylic acids is 8. The Kier molecular flexibility index (Phi) is 25.0. The van der Waals surface area contributed by atoms with Crippen LogP contribution in [0.15, 0.2) is 40.2 Å². The van der Waals surface area contributed by atoms with Crippen molar-refractivity contribution in [2.45, 2.75) is 232 Å². The second kappa shape index (κ2) is 29.9. The Labute approximate surface area is 510 Å². The van der Waals surface area contributed by atoms with E-state index in [9.17, 15) is 46.8 Å². The lowest BCUT2D eigenvalue weighted by Gasteiger charge is -2.36. The van der Waals surface area contributed by atoms with Crippen LogP contribution in [0.3, 0.4) is 0 Å². The maximum Gasteiger partial charge on any atom is 0.329 e. The number of rotatable bonds is 19. The molecule has 480 valence electrons. The van der Waals surface area contributed by atoms with Crippen LogP contribution in [0.4, 0.5) is 0 Å². The van der Waals surface area contributed by atoms with Gasteiger partial charge in [-0.1, -0.05) is 30.3 Å². The van der Waals surface area contributed by atoms with E-state index in [0.29, 0.717) is 28.9 Å². The van der Waals surface area contributed by atoms with Gasteiger partial charge in [-0.25, -0.2) is 17.9 Å². The van der Waals surface area contributed by atoms with Crippen molar-refractivity contribution in [3.05, 3.63) is 58.1 Å². The van der Waals surface area contributed by atoms with Crippen molar-refractivity contribution >= 4 is 75.1 Å². The number of nitrogens with one attached hydrogen (secondary N) is 7. The van der Waals surface area contributed by atoms with Crippen LogP contribution >= 0.6 is 11.8 Å². The summed E-state index contributed by atoms with van der Waals surface area (Å²) in [5.74, 6) is -8.26. The van der Waals surface area contributed by atoms with Gasteiger partial charge in [-0.2, -0.15) is 0 Å². The Morgan fingerprint density at radius 3 is 1.70 bits per heavy atom. The SMILES string of the molecule is Cc1c(C)c(S(=O)(=O)NC(N)=NCCC[C@@H]2NC(=O)[C@H]([C@@H](C)OC(C)(C)C)NC(=O)[C@H]([C@@H](C)OC(C)(C)C)NC(=O)[C@H]([C@@H](C)OC(C)(C)C)NC(=O)[C@H](CSCC(N)=O)NC(=O)C[C@@H](C(=O)OCc3ccccc3)NC2=O)c(C)c2c1CC(C)(C)O2. The molecule has 11 N–H and O–H groups in total. The number of esters is 1. The quantitative estimate of drug-likeness (QED) is 0.0422. The van der Waals surface area contributed by atoms with Gasteiger partial charge in [-0.15, -0.1) is 11.8 Å². The molecule has 9 atom stereocenters. The van der Waals surface area contributed by atoms with Crippen molar-refractivity contribution in [1.29, 1.82) is 0 Å². The first-order valence-corrected chi connectivity index (χ1v) is 31.3. The van der Waals surface area contributed by atoms with Crippen molar-refractivity contribution in [2.75, 3.05) is 18.1 Å². The topological polar surface area (TPSA) is 365 Å². The normalized spacial score (nSPS) is 22.5. The Morgan fingerprint density at radius 1 is 0.709 bits per heavy atom. The fourth-order valence-electron chi connectivity index (χ4n) is 9.92. The minimum Gasteiger partial charge on any atom is -0.487 e. The van der Waals surface area contributed by atoms with Gasteiger partial charge in [0.1, 0.15) is 54.2 Å². The van der Waals surface area contributed by atoms with E-state index >= 15 is 0 Å². The molecule has 2 aromatic rings. The summed E-state index contributed by atoms with van der Waals surface area (Å²) in [6.07, 6.45) is -4.05. The fraction of sp³-hybridized carbons (Fsp3) is 0.644. The van der Waals surface area contributed by atoms with Gasteiger partial charge in [0.05, 0.1) is 52.2 Å². The molecule has 86 heavy (non-hydrogen) atoms. The zero-order valence-corrected chi connectivity index (χ0v) is 54.4. The van der Waals surface area contributed by atoms with E-state index in [2.05, 4.69) is 41.6 Å². The average Bonchev–Trinajstić information content (AvgIpc) is 1.53. The van der Waals surface area contributed by atoms with Crippen molar-refractivity contribution in [2.24, 2.45) is 16.5 Å². The standard InChI is InChI=1S/C59H92N10O15S2/c1-31-32(2)48(33(3)47-38(31)27-59(16,17)84-47)86(78,79)69-55(61)62-25-21-24-39-49(72)65-40(54(77)80-28-37-22-19-18-20-23-37)26-43(71)63-41(29-85-30-42(60)70)50(73)66-45(35(5)82-57(10,11)12)52(75)68-46(36(6)83-58(13,14)15)53(76)67-44(51(74)64-39)34(4)81-56(7,8)9/h18-20,22-23,34-36,39-41,44-46H,21,24-30H2,1-17H3,(H2,60,70)(H,63,71)(H,64,74)(H,65,72)(H,66,73)(H,67,76)(H,68,75)(H3,61,62,69)/t34-,35-,36-,39+,40+,41+,44+,45+,46+/m1/s1. The first-order chi connectivity index (χ1) is 39.6. The molecule has 4 rings (SSSR count). The lowest BCUT2D eigenvalue weighted by atomic mass is 9.93. The highest BCUT2D eigenvalue weighted by Crippen LogP contribution is 2.44. The monoisotopic (exact) mass is 1240 g/mol. The van der Waals surface area contributed by atoms with Crippen LogP contribution in [0.2, 0.25) is 0 Å². The summed E-state index contributed by atoms with van der Waals surface area (Å²) in [6, 6.07) is -1.26. The number of ether oxygens (including phenoxy) is 5. The summed E-state index contributed by atoms with van der Waals surface area (Å²) in [6.45, 7) is 28.5. The molecule has 0 bridgehead atoms. The summed E-state index contributed by atoms with van der Waals surface area (Å²) in [7, 11) is -4.35. The Hall–Kier alpha value is -6.55. The van der Waals surface area contributed by atoms with Gasteiger partial charge < -0.3 is 67.1 Å².